The smallest absolute Gasteiger partial charge is 0.182 e. The van der Waals surface area contributed by atoms with Gasteiger partial charge in [0.1, 0.15) is 0 Å². The van der Waals surface area contributed by atoms with E-state index in [0.29, 0.717) is 16.6 Å². The molecule has 3 rings (SSSR count). The van der Waals surface area contributed by atoms with Gasteiger partial charge in [-0.3, -0.25) is 0 Å². The fourth-order valence-electron chi connectivity index (χ4n) is 2.92. The molecule has 1 heterocycles. The van der Waals surface area contributed by atoms with Gasteiger partial charge in [-0.25, -0.2) is 4.68 Å². The molecule has 2 unspecified atom stereocenters. The third kappa shape index (κ3) is 2.50. The Morgan fingerprint density at radius 3 is 2.95 bits per heavy atom. The molecule has 2 N–H and O–H groups in total. The molecule has 106 valence electrons. The Balaban J connectivity index is 1.87. The summed E-state index contributed by atoms with van der Waals surface area (Å²) in [7, 11) is 0. The van der Waals surface area contributed by atoms with Gasteiger partial charge in [0.05, 0.1) is 10.7 Å². The molecular weight excluding hydrogens is 274 g/mol. The van der Waals surface area contributed by atoms with Gasteiger partial charge in [0, 0.05) is 12.1 Å². The average molecular weight is 292 g/mol. The Morgan fingerprint density at radius 1 is 1.40 bits per heavy atom. The minimum atomic E-state index is 0.534. The Labute approximate surface area is 123 Å². The van der Waals surface area contributed by atoms with E-state index in [2.05, 4.69) is 22.4 Å². The molecule has 0 amide bonds. The Hall–Kier alpha value is -1.62. The number of hydrogen-bond donors (Lipinski definition) is 1. The third-order valence-corrected chi connectivity index (χ3v) is 4.56. The predicted octanol–water partition coefficient (Wildman–Crippen LogP) is 3.01. The number of hydrogen-bond acceptors (Lipinski definition) is 4. The maximum absolute atomic E-state index is 6.07. The minimum absolute atomic E-state index is 0.534. The minimum Gasteiger partial charge on any atom is -0.398 e. The molecule has 1 aliphatic carbocycles. The zero-order chi connectivity index (χ0) is 14.1. The van der Waals surface area contributed by atoms with E-state index in [1.807, 2.05) is 16.8 Å². The molecule has 0 saturated heterocycles. The molecule has 1 aliphatic rings. The standard InChI is InChI=1S/C14H18ClN5/c1-9-3-2-4-11(9)8-20-14(17-18-19-20)10-5-6-13(16)12(15)7-10/h5-7,9,11H,2-4,8,16H2,1H3. The van der Waals surface area contributed by atoms with Gasteiger partial charge in [0.25, 0.3) is 0 Å². The second-order valence-corrected chi connectivity index (χ2v) is 6.00. The van der Waals surface area contributed by atoms with Crippen LogP contribution in [-0.2, 0) is 6.54 Å². The molecule has 5 nitrogen and oxygen atoms in total. The van der Waals surface area contributed by atoms with Crippen molar-refractivity contribution in [3.63, 3.8) is 0 Å². The van der Waals surface area contributed by atoms with Gasteiger partial charge in [-0.2, -0.15) is 0 Å². The molecular formula is C14H18ClN5. The van der Waals surface area contributed by atoms with Crippen LogP contribution in [0.3, 0.4) is 0 Å². The van der Waals surface area contributed by atoms with Crippen LogP contribution in [0.5, 0.6) is 0 Å². The van der Waals surface area contributed by atoms with E-state index in [0.717, 1.165) is 23.9 Å². The molecule has 1 saturated carbocycles. The summed E-state index contributed by atoms with van der Waals surface area (Å²) >= 11 is 6.07. The van der Waals surface area contributed by atoms with Crippen molar-refractivity contribution in [2.75, 3.05) is 5.73 Å². The Bertz CT molecular complexity index is 609. The number of anilines is 1. The van der Waals surface area contributed by atoms with Gasteiger partial charge in [0.15, 0.2) is 5.82 Å². The van der Waals surface area contributed by atoms with Crippen molar-refractivity contribution in [2.24, 2.45) is 11.8 Å². The van der Waals surface area contributed by atoms with E-state index in [4.69, 9.17) is 17.3 Å². The van der Waals surface area contributed by atoms with Crippen molar-refractivity contribution in [3.8, 4) is 11.4 Å². The SMILES string of the molecule is CC1CCCC1Cn1nnnc1-c1ccc(N)c(Cl)c1. The van der Waals surface area contributed by atoms with Crippen molar-refractivity contribution < 1.29 is 0 Å². The molecule has 20 heavy (non-hydrogen) atoms. The van der Waals surface area contributed by atoms with Crippen LogP contribution in [0.1, 0.15) is 26.2 Å². The topological polar surface area (TPSA) is 69.6 Å². The maximum Gasteiger partial charge on any atom is 0.182 e. The number of aromatic nitrogens is 4. The number of tetrazole rings is 1. The van der Waals surface area contributed by atoms with Crippen LogP contribution in [0.25, 0.3) is 11.4 Å². The van der Waals surface area contributed by atoms with Crippen molar-refractivity contribution in [1.82, 2.24) is 20.2 Å². The normalized spacial score (nSPS) is 22.3. The second-order valence-electron chi connectivity index (χ2n) is 5.59. The number of benzene rings is 1. The number of nitrogen functional groups attached to an aromatic ring is 1. The molecule has 0 spiro atoms. The van der Waals surface area contributed by atoms with E-state index in [-0.39, 0.29) is 0 Å². The molecule has 2 atom stereocenters. The lowest BCUT2D eigenvalue weighted by molar-refractivity contribution is 0.346. The van der Waals surface area contributed by atoms with Crippen LogP contribution in [0.15, 0.2) is 18.2 Å². The van der Waals surface area contributed by atoms with Crippen LogP contribution in [-0.4, -0.2) is 20.2 Å². The van der Waals surface area contributed by atoms with Crippen LogP contribution < -0.4 is 5.73 Å². The molecule has 1 fully saturated rings. The second kappa shape index (κ2) is 5.40. The molecule has 1 aromatic heterocycles. The van der Waals surface area contributed by atoms with Crippen molar-refractivity contribution in [3.05, 3.63) is 23.2 Å². The van der Waals surface area contributed by atoms with Gasteiger partial charge in [-0.05, 0) is 46.9 Å². The van der Waals surface area contributed by atoms with E-state index in [1.54, 1.807) is 6.07 Å². The molecule has 6 heteroatoms. The summed E-state index contributed by atoms with van der Waals surface area (Å²) in [6.45, 7) is 3.17. The first-order chi connectivity index (χ1) is 9.65. The molecule has 1 aromatic carbocycles. The van der Waals surface area contributed by atoms with Crippen molar-refractivity contribution >= 4 is 17.3 Å². The highest BCUT2D eigenvalue weighted by Crippen LogP contribution is 2.33. The average Bonchev–Trinajstić information content (AvgIpc) is 3.04. The highest BCUT2D eigenvalue weighted by atomic mass is 35.5. The molecule has 0 aliphatic heterocycles. The van der Waals surface area contributed by atoms with Crippen LogP contribution in [0.4, 0.5) is 5.69 Å². The van der Waals surface area contributed by atoms with Crippen LogP contribution in [0.2, 0.25) is 5.02 Å². The first-order valence-electron chi connectivity index (χ1n) is 6.96. The first kappa shape index (κ1) is 13.4. The van der Waals surface area contributed by atoms with Gasteiger partial charge < -0.3 is 5.73 Å². The summed E-state index contributed by atoms with van der Waals surface area (Å²) in [5, 5.41) is 12.6. The Kier molecular flexibility index (Phi) is 3.61. The lowest BCUT2D eigenvalue weighted by Crippen LogP contribution is -2.15. The van der Waals surface area contributed by atoms with Crippen LogP contribution >= 0.6 is 11.6 Å². The largest absolute Gasteiger partial charge is 0.398 e. The van der Waals surface area contributed by atoms with Crippen molar-refractivity contribution in [2.45, 2.75) is 32.7 Å². The first-order valence-corrected chi connectivity index (χ1v) is 7.34. The third-order valence-electron chi connectivity index (χ3n) is 4.24. The highest BCUT2D eigenvalue weighted by Gasteiger charge is 2.25. The molecule has 2 aromatic rings. The number of rotatable bonds is 3. The fourth-order valence-corrected chi connectivity index (χ4v) is 3.10. The molecule has 0 bridgehead atoms. The monoisotopic (exact) mass is 291 g/mol. The summed E-state index contributed by atoms with van der Waals surface area (Å²) < 4.78 is 1.88. The van der Waals surface area contributed by atoms with E-state index < -0.39 is 0 Å². The van der Waals surface area contributed by atoms with Gasteiger partial charge in [-0.15, -0.1) is 5.10 Å². The van der Waals surface area contributed by atoms with Crippen LogP contribution in [0, 0.1) is 11.8 Å². The van der Waals surface area contributed by atoms with Gasteiger partial charge >= 0.3 is 0 Å². The van der Waals surface area contributed by atoms with Crippen molar-refractivity contribution in [1.29, 1.82) is 0 Å². The summed E-state index contributed by atoms with van der Waals surface area (Å²) in [6, 6.07) is 5.51. The number of nitrogens with zero attached hydrogens (tertiary/aromatic N) is 4. The molecule has 0 radical (unpaired) electrons. The van der Waals surface area contributed by atoms with E-state index in [1.165, 1.54) is 19.3 Å². The summed E-state index contributed by atoms with van der Waals surface area (Å²) in [5.74, 6) is 2.15. The van der Waals surface area contributed by atoms with Gasteiger partial charge in [0.2, 0.25) is 0 Å². The maximum atomic E-state index is 6.07. The Morgan fingerprint density at radius 2 is 2.25 bits per heavy atom. The lowest BCUT2D eigenvalue weighted by Gasteiger charge is -2.15. The zero-order valence-corrected chi connectivity index (χ0v) is 12.2. The zero-order valence-electron chi connectivity index (χ0n) is 11.5. The fraction of sp³-hybridized carbons (Fsp3) is 0.500. The number of nitrogens with two attached hydrogens (primary N) is 1. The highest BCUT2D eigenvalue weighted by molar-refractivity contribution is 6.33. The summed E-state index contributed by atoms with van der Waals surface area (Å²) in [6.07, 6.45) is 3.86. The van der Waals surface area contributed by atoms with Gasteiger partial charge in [-0.1, -0.05) is 31.4 Å². The predicted molar refractivity (Wildman–Crippen MR) is 79.2 cm³/mol. The number of halogens is 1. The quantitative estimate of drug-likeness (QED) is 0.883. The summed E-state index contributed by atoms with van der Waals surface area (Å²) in [4.78, 5) is 0. The summed E-state index contributed by atoms with van der Waals surface area (Å²) in [5.41, 5.74) is 7.21. The lowest BCUT2D eigenvalue weighted by atomic mass is 9.98. The van der Waals surface area contributed by atoms with E-state index in [9.17, 15) is 0 Å². The van der Waals surface area contributed by atoms with E-state index >= 15 is 0 Å².